The Kier molecular flexibility index (Phi) is 5.03. The van der Waals surface area contributed by atoms with Gasteiger partial charge >= 0.3 is 0 Å². The van der Waals surface area contributed by atoms with Crippen molar-refractivity contribution < 1.29 is 4.74 Å². The van der Waals surface area contributed by atoms with Crippen molar-refractivity contribution in [3.05, 3.63) is 0 Å². The van der Waals surface area contributed by atoms with E-state index in [1.54, 1.807) is 0 Å². The van der Waals surface area contributed by atoms with Crippen LogP contribution in [0, 0.1) is 5.92 Å². The van der Waals surface area contributed by atoms with Crippen LogP contribution in [0.2, 0.25) is 0 Å². The van der Waals surface area contributed by atoms with E-state index in [4.69, 9.17) is 10.5 Å². The monoisotopic (exact) mass is 214 g/mol. The molecule has 2 atom stereocenters. The average molecular weight is 214 g/mol. The highest BCUT2D eigenvalue weighted by Gasteiger charge is 2.29. The Hall–Kier alpha value is -0.120. The van der Waals surface area contributed by atoms with Crippen molar-refractivity contribution in [2.45, 2.75) is 51.7 Å². The quantitative estimate of drug-likeness (QED) is 0.705. The first-order chi connectivity index (χ1) is 7.06. The summed E-state index contributed by atoms with van der Waals surface area (Å²) in [4.78, 5) is 0. The summed E-state index contributed by atoms with van der Waals surface area (Å²) in [5.41, 5.74) is 5.79. The molecule has 0 aromatic heterocycles. The van der Waals surface area contributed by atoms with E-state index in [1.807, 2.05) is 0 Å². The van der Waals surface area contributed by atoms with E-state index in [0.29, 0.717) is 18.5 Å². The van der Waals surface area contributed by atoms with Gasteiger partial charge in [0.15, 0.2) is 0 Å². The van der Waals surface area contributed by atoms with Crippen molar-refractivity contribution in [1.82, 2.24) is 5.32 Å². The largest absolute Gasteiger partial charge is 0.374 e. The van der Waals surface area contributed by atoms with Crippen molar-refractivity contribution in [3.8, 4) is 0 Å². The van der Waals surface area contributed by atoms with E-state index in [1.165, 1.54) is 12.8 Å². The highest BCUT2D eigenvalue weighted by atomic mass is 16.5. The number of nitrogens with one attached hydrogen (secondary N) is 1. The Morgan fingerprint density at radius 2 is 2.20 bits per heavy atom. The maximum absolute atomic E-state index is 5.75. The van der Waals surface area contributed by atoms with Crippen molar-refractivity contribution in [1.29, 1.82) is 0 Å². The van der Waals surface area contributed by atoms with Crippen LogP contribution >= 0.6 is 0 Å². The normalized spacial score (nSPS) is 28.6. The zero-order valence-electron chi connectivity index (χ0n) is 10.4. The fourth-order valence-electron chi connectivity index (χ4n) is 2.17. The molecule has 3 N–H and O–H groups in total. The molecule has 0 saturated carbocycles. The Bertz CT molecular complexity index is 176. The van der Waals surface area contributed by atoms with Crippen LogP contribution in [0.3, 0.4) is 0 Å². The van der Waals surface area contributed by atoms with E-state index in [0.717, 1.165) is 19.6 Å². The van der Waals surface area contributed by atoms with Gasteiger partial charge in [-0.3, -0.25) is 0 Å². The van der Waals surface area contributed by atoms with Crippen LogP contribution in [0.1, 0.15) is 40.0 Å². The molecule has 1 aliphatic rings. The Labute approximate surface area is 93.8 Å². The molecule has 0 aromatic rings. The Balaban J connectivity index is 2.26. The predicted octanol–water partition coefficient (Wildman–Crippen LogP) is 1.52. The standard InChI is InChI=1S/C12H26N2O/c1-10(2)7-11(8-13)14-9-12(3)5-4-6-15-12/h10-11,14H,4-9,13H2,1-3H3. The minimum absolute atomic E-state index is 0.0460. The molecule has 0 aliphatic carbocycles. The lowest BCUT2D eigenvalue weighted by atomic mass is 10.00. The first-order valence-corrected chi connectivity index (χ1v) is 6.13. The summed E-state index contributed by atoms with van der Waals surface area (Å²) in [6.45, 7) is 9.22. The van der Waals surface area contributed by atoms with Crippen molar-refractivity contribution in [2.75, 3.05) is 19.7 Å². The van der Waals surface area contributed by atoms with Crippen LogP contribution < -0.4 is 11.1 Å². The number of nitrogens with two attached hydrogens (primary N) is 1. The third-order valence-corrected chi connectivity index (χ3v) is 3.11. The summed E-state index contributed by atoms with van der Waals surface area (Å²) >= 11 is 0. The summed E-state index contributed by atoms with van der Waals surface area (Å²) in [7, 11) is 0. The van der Waals surface area contributed by atoms with Crippen LogP contribution in [0.5, 0.6) is 0 Å². The third kappa shape index (κ3) is 4.49. The Morgan fingerprint density at radius 3 is 2.67 bits per heavy atom. The highest BCUT2D eigenvalue weighted by Crippen LogP contribution is 2.24. The van der Waals surface area contributed by atoms with Gasteiger partial charge in [-0.25, -0.2) is 0 Å². The lowest BCUT2D eigenvalue weighted by molar-refractivity contribution is 0.0184. The molecule has 0 aromatic carbocycles. The van der Waals surface area contributed by atoms with Crippen LogP contribution in [-0.2, 0) is 4.74 Å². The van der Waals surface area contributed by atoms with Gasteiger partial charge in [0, 0.05) is 25.7 Å². The van der Waals surface area contributed by atoms with Crippen LogP contribution in [0.4, 0.5) is 0 Å². The molecule has 0 bridgehead atoms. The van der Waals surface area contributed by atoms with Crippen LogP contribution in [-0.4, -0.2) is 31.3 Å². The predicted molar refractivity (Wildman–Crippen MR) is 63.9 cm³/mol. The topological polar surface area (TPSA) is 47.3 Å². The van der Waals surface area contributed by atoms with Gasteiger partial charge in [-0.1, -0.05) is 13.8 Å². The molecule has 0 radical (unpaired) electrons. The second-order valence-electron chi connectivity index (χ2n) is 5.34. The van der Waals surface area contributed by atoms with Gasteiger partial charge in [0.25, 0.3) is 0 Å². The van der Waals surface area contributed by atoms with E-state index in [9.17, 15) is 0 Å². The minimum atomic E-state index is 0.0460. The lowest BCUT2D eigenvalue weighted by Crippen LogP contribution is -2.45. The summed E-state index contributed by atoms with van der Waals surface area (Å²) in [5.74, 6) is 0.698. The maximum Gasteiger partial charge on any atom is 0.0779 e. The number of rotatable bonds is 6. The molecule has 3 heteroatoms. The first kappa shape index (κ1) is 12.9. The second-order valence-corrected chi connectivity index (χ2v) is 5.34. The van der Waals surface area contributed by atoms with Gasteiger partial charge in [-0.2, -0.15) is 0 Å². The third-order valence-electron chi connectivity index (χ3n) is 3.11. The lowest BCUT2D eigenvalue weighted by Gasteiger charge is -2.27. The molecule has 1 rings (SSSR count). The van der Waals surface area contributed by atoms with E-state index >= 15 is 0 Å². The van der Waals surface area contributed by atoms with Crippen molar-refractivity contribution in [2.24, 2.45) is 11.7 Å². The molecule has 1 heterocycles. The first-order valence-electron chi connectivity index (χ1n) is 6.13. The van der Waals surface area contributed by atoms with E-state index < -0.39 is 0 Å². The van der Waals surface area contributed by atoms with E-state index in [2.05, 4.69) is 26.1 Å². The molecule has 90 valence electrons. The SMILES string of the molecule is CC(C)CC(CN)NCC1(C)CCCO1. The molecule has 2 unspecified atom stereocenters. The molecule has 0 spiro atoms. The van der Waals surface area contributed by atoms with Crippen molar-refractivity contribution in [3.63, 3.8) is 0 Å². The van der Waals surface area contributed by atoms with Gasteiger partial charge in [0.2, 0.25) is 0 Å². The molecule has 1 aliphatic heterocycles. The molecule has 1 saturated heterocycles. The molecule has 0 amide bonds. The van der Waals surface area contributed by atoms with Gasteiger partial charge in [0.1, 0.15) is 0 Å². The number of ether oxygens (including phenoxy) is 1. The van der Waals surface area contributed by atoms with Gasteiger partial charge < -0.3 is 15.8 Å². The second kappa shape index (κ2) is 5.83. The van der Waals surface area contributed by atoms with Gasteiger partial charge in [-0.05, 0) is 32.1 Å². The number of hydrogen-bond donors (Lipinski definition) is 2. The zero-order chi connectivity index (χ0) is 11.3. The van der Waals surface area contributed by atoms with E-state index in [-0.39, 0.29) is 5.60 Å². The highest BCUT2D eigenvalue weighted by molar-refractivity contribution is 4.84. The van der Waals surface area contributed by atoms with Crippen LogP contribution in [0.15, 0.2) is 0 Å². The zero-order valence-corrected chi connectivity index (χ0v) is 10.4. The minimum Gasteiger partial charge on any atom is -0.374 e. The fraction of sp³-hybridized carbons (Fsp3) is 1.00. The maximum atomic E-state index is 5.75. The molecule has 15 heavy (non-hydrogen) atoms. The van der Waals surface area contributed by atoms with Crippen LogP contribution in [0.25, 0.3) is 0 Å². The molecule has 1 fully saturated rings. The van der Waals surface area contributed by atoms with Gasteiger partial charge in [-0.15, -0.1) is 0 Å². The summed E-state index contributed by atoms with van der Waals surface area (Å²) in [5, 5.41) is 3.53. The summed E-state index contributed by atoms with van der Waals surface area (Å²) < 4.78 is 5.74. The average Bonchev–Trinajstić information content (AvgIpc) is 2.60. The number of hydrogen-bond acceptors (Lipinski definition) is 3. The summed E-state index contributed by atoms with van der Waals surface area (Å²) in [6.07, 6.45) is 3.50. The van der Waals surface area contributed by atoms with Gasteiger partial charge in [0.05, 0.1) is 5.60 Å². The van der Waals surface area contributed by atoms with Crippen molar-refractivity contribution >= 4 is 0 Å². The fourth-order valence-corrected chi connectivity index (χ4v) is 2.17. The summed E-state index contributed by atoms with van der Waals surface area (Å²) in [6, 6.07) is 0.436. The smallest absolute Gasteiger partial charge is 0.0779 e. The Morgan fingerprint density at radius 1 is 1.47 bits per heavy atom. The molecule has 3 nitrogen and oxygen atoms in total. The molecular formula is C12H26N2O. The molecular weight excluding hydrogens is 188 g/mol.